The second kappa shape index (κ2) is 8.00. The summed E-state index contributed by atoms with van der Waals surface area (Å²) in [5.41, 5.74) is 7.18. The van der Waals surface area contributed by atoms with Crippen LogP contribution in [0, 0.1) is 5.95 Å². The largest absolute Gasteiger partial charge is 0.453 e. The molecule has 3 rings (SSSR count). The Kier molecular flexibility index (Phi) is 5.51. The van der Waals surface area contributed by atoms with Crippen LogP contribution >= 0.6 is 0 Å². The van der Waals surface area contributed by atoms with Crippen molar-refractivity contribution in [2.75, 3.05) is 17.7 Å². The van der Waals surface area contributed by atoms with Gasteiger partial charge in [0.05, 0.1) is 18.8 Å². The number of nitrogens with zero attached hydrogens (tertiary/aromatic N) is 1. The molecule has 1 aromatic heterocycles. The first-order valence-corrected chi connectivity index (χ1v) is 8.43. The second-order valence-corrected chi connectivity index (χ2v) is 6.06. The van der Waals surface area contributed by atoms with E-state index in [-0.39, 0.29) is 18.0 Å². The van der Waals surface area contributed by atoms with E-state index >= 15 is 0 Å². The van der Waals surface area contributed by atoms with E-state index in [1.165, 1.54) is 13.2 Å². The number of aromatic nitrogens is 2. The Morgan fingerprint density at radius 3 is 3.00 bits per heavy atom. The summed E-state index contributed by atoms with van der Waals surface area (Å²) < 4.78 is 19.0. The molecule has 2 heterocycles. The zero-order valence-corrected chi connectivity index (χ0v) is 14.7. The minimum absolute atomic E-state index is 0.0450. The number of H-pyrrole nitrogens is 1. The minimum Gasteiger partial charge on any atom is -0.453 e. The number of imidazole rings is 1. The highest BCUT2D eigenvalue weighted by Crippen LogP contribution is 2.32. The van der Waals surface area contributed by atoms with Crippen molar-refractivity contribution in [2.24, 2.45) is 5.73 Å². The van der Waals surface area contributed by atoms with Crippen LogP contribution in [0.15, 0.2) is 30.4 Å². The van der Waals surface area contributed by atoms with Gasteiger partial charge in [0.2, 0.25) is 11.9 Å². The number of rotatable bonds is 1. The quantitative estimate of drug-likeness (QED) is 0.572. The fourth-order valence-corrected chi connectivity index (χ4v) is 2.72. The highest BCUT2D eigenvalue weighted by Gasteiger charge is 2.20. The predicted octanol–water partition coefficient (Wildman–Crippen LogP) is 3.07. The SMILES string of the molecule is COC(=O)Nc1ccc2c(c1)NC(=O)CC/C=C/CC(N)c1nc-2c(F)[nH]1. The van der Waals surface area contributed by atoms with E-state index in [9.17, 15) is 14.0 Å². The molecule has 0 saturated heterocycles. The van der Waals surface area contributed by atoms with Crippen LogP contribution < -0.4 is 16.4 Å². The fraction of sp³-hybridized carbons (Fsp3) is 0.278. The topological polar surface area (TPSA) is 122 Å². The Labute approximate surface area is 155 Å². The highest BCUT2D eigenvalue weighted by molar-refractivity contribution is 5.97. The van der Waals surface area contributed by atoms with Gasteiger partial charge < -0.3 is 20.8 Å². The molecule has 2 aromatic rings. The van der Waals surface area contributed by atoms with Crippen LogP contribution in [0.4, 0.5) is 20.6 Å². The van der Waals surface area contributed by atoms with Crippen LogP contribution in [0.25, 0.3) is 11.3 Å². The maximum atomic E-state index is 14.5. The lowest BCUT2D eigenvalue weighted by molar-refractivity contribution is -0.116. The van der Waals surface area contributed by atoms with Gasteiger partial charge in [-0.1, -0.05) is 12.2 Å². The molecule has 1 unspecified atom stereocenters. The number of anilines is 2. The zero-order chi connectivity index (χ0) is 19.4. The Morgan fingerprint density at radius 2 is 2.22 bits per heavy atom. The van der Waals surface area contributed by atoms with E-state index in [2.05, 4.69) is 25.3 Å². The van der Waals surface area contributed by atoms with Crippen molar-refractivity contribution in [1.29, 1.82) is 0 Å². The van der Waals surface area contributed by atoms with Crippen LogP contribution in [0.5, 0.6) is 0 Å². The van der Waals surface area contributed by atoms with E-state index < -0.39 is 18.1 Å². The third kappa shape index (κ3) is 4.32. The first-order chi connectivity index (χ1) is 13.0. The molecule has 8 nitrogen and oxygen atoms in total. The molecule has 0 radical (unpaired) electrons. The average Bonchev–Trinajstić information content (AvgIpc) is 3.02. The van der Waals surface area contributed by atoms with Crippen molar-refractivity contribution in [3.05, 3.63) is 42.1 Å². The van der Waals surface area contributed by atoms with Crippen molar-refractivity contribution in [1.82, 2.24) is 9.97 Å². The molecule has 1 aromatic carbocycles. The number of fused-ring (bicyclic) bond motifs is 4. The maximum absolute atomic E-state index is 14.5. The highest BCUT2D eigenvalue weighted by atomic mass is 19.1. The van der Waals surface area contributed by atoms with E-state index in [0.717, 1.165) is 0 Å². The molecule has 0 fully saturated rings. The van der Waals surface area contributed by atoms with Crippen LogP contribution in [-0.2, 0) is 9.53 Å². The summed E-state index contributed by atoms with van der Waals surface area (Å²) in [6.45, 7) is 0. The lowest BCUT2D eigenvalue weighted by atomic mass is 10.1. The molecule has 1 atom stereocenters. The Balaban J connectivity index is 2.06. The van der Waals surface area contributed by atoms with Gasteiger partial charge in [0, 0.05) is 17.7 Å². The Morgan fingerprint density at radius 1 is 1.41 bits per heavy atom. The zero-order valence-electron chi connectivity index (χ0n) is 14.7. The molecule has 2 bridgehead atoms. The predicted molar refractivity (Wildman–Crippen MR) is 98.6 cm³/mol. The minimum atomic E-state index is -0.657. The molecular formula is C18H20FN5O3. The number of hydrogen-bond donors (Lipinski definition) is 4. The van der Waals surface area contributed by atoms with E-state index in [0.29, 0.717) is 35.6 Å². The van der Waals surface area contributed by atoms with Gasteiger partial charge in [-0.05, 0) is 31.0 Å². The Bertz CT molecular complexity index is 893. The first kappa shape index (κ1) is 18.6. The van der Waals surface area contributed by atoms with Gasteiger partial charge in [-0.3, -0.25) is 10.1 Å². The number of methoxy groups -OCH3 is 1. The van der Waals surface area contributed by atoms with Crippen LogP contribution in [0.2, 0.25) is 0 Å². The summed E-state index contributed by atoms with van der Waals surface area (Å²) >= 11 is 0. The normalized spacial score (nSPS) is 18.2. The molecule has 0 aliphatic carbocycles. The molecule has 1 aliphatic heterocycles. The number of nitrogens with two attached hydrogens (primary N) is 1. The van der Waals surface area contributed by atoms with Gasteiger partial charge >= 0.3 is 6.09 Å². The summed E-state index contributed by atoms with van der Waals surface area (Å²) in [4.78, 5) is 30.5. The standard InChI is InChI=1S/C18H20FN5O3/c1-27-18(26)21-10-7-8-11-13(9-10)22-14(25)6-4-2-3-5-12(20)17-23-15(11)16(19)24-17/h2-3,7-9,12H,4-6,20H2,1H3,(H,21,26)(H,22,25)(H,23,24)/b3-2+. The van der Waals surface area contributed by atoms with Crippen LogP contribution in [0.1, 0.15) is 31.1 Å². The fourth-order valence-electron chi connectivity index (χ4n) is 2.72. The van der Waals surface area contributed by atoms with Gasteiger partial charge in [0.25, 0.3) is 0 Å². The third-order valence-electron chi connectivity index (χ3n) is 4.10. The van der Waals surface area contributed by atoms with Crippen molar-refractivity contribution in [3.63, 3.8) is 0 Å². The molecule has 5 N–H and O–H groups in total. The van der Waals surface area contributed by atoms with Crippen molar-refractivity contribution in [3.8, 4) is 11.3 Å². The second-order valence-electron chi connectivity index (χ2n) is 6.06. The van der Waals surface area contributed by atoms with Gasteiger partial charge in [-0.15, -0.1) is 0 Å². The average molecular weight is 373 g/mol. The van der Waals surface area contributed by atoms with Gasteiger partial charge in [0.1, 0.15) is 11.5 Å². The molecule has 2 amide bonds. The van der Waals surface area contributed by atoms with Gasteiger partial charge in [-0.25, -0.2) is 9.78 Å². The lowest BCUT2D eigenvalue weighted by Gasteiger charge is -2.12. The summed E-state index contributed by atoms with van der Waals surface area (Å²) in [5, 5.41) is 5.26. The molecule has 0 spiro atoms. The number of nitrogens with one attached hydrogen (secondary N) is 3. The summed E-state index contributed by atoms with van der Waals surface area (Å²) in [6, 6.07) is 4.16. The number of hydrogen-bond acceptors (Lipinski definition) is 5. The number of carbonyl (C=O) groups is 2. The number of aromatic amines is 1. The molecule has 9 heteroatoms. The van der Waals surface area contributed by atoms with E-state index in [1.807, 2.05) is 12.2 Å². The summed E-state index contributed by atoms with van der Waals surface area (Å²) in [6.07, 6.45) is 4.33. The molecule has 142 valence electrons. The van der Waals surface area contributed by atoms with Crippen LogP contribution in [0.3, 0.4) is 0 Å². The van der Waals surface area contributed by atoms with E-state index in [1.54, 1.807) is 12.1 Å². The number of benzene rings is 1. The molecule has 0 saturated carbocycles. The third-order valence-corrected chi connectivity index (χ3v) is 4.10. The number of ether oxygens (including phenoxy) is 1. The molecule has 1 aliphatic rings. The van der Waals surface area contributed by atoms with Gasteiger partial charge in [-0.2, -0.15) is 4.39 Å². The number of carbonyl (C=O) groups excluding carboxylic acids is 2. The Hall–Kier alpha value is -3.20. The molecule has 27 heavy (non-hydrogen) atoms. The summed E-state index contributed by atoms with van der Waals surface area (Å²) in [7, 11) is 1.24. The summed E-state index contributed by atoms with van der Waals surface area (Å²) in [5.74, 6) is -0.568. The lowest BCUT2D eigenvalue weighted by Crippen LogP contribution is -2.14. The van der Waals surface area contributed by atoms with Crippen molar-refractivity contribution < 1.29 is 18.7 Å². The van der Waals surface area contributed by atoms with E-state index in [4.69, 9.17) is 5.73 Å². The van der Waals surface area contributed by atoms with Gasteiger partial charge in [0.15, 0.2) is 0 Å². The first-order valence-electron chi connectivity index (χ1n) is 8.43. The van der Waals surface area contributed by atoms with Crippen LogP contribution in [-0.4, -0.2) is 29.1 Å². The van der Waals surface area contributed by atoms with Crippen molar-refractivity contribution in [2.45, 2.75) is 25.3 Å². The number of halogens is 1. The smallest absolute Gasteiger partial charge is 0.411 e. The molecular weight excluding hydrogens is 353 g/mol. The maximum Gasteiger partial charge on any atom is 0.411 e. The number of amides is 2. The monoisotopic (exact) mass is 373 g/mol. The van der Waals surface area contributed by atoms with Crippen molar-refractivity contribution >= 4 is 23.4 Å². The number of allylic oxidation sites excluding steroid dienone is 1.